The Balaban J connectivity index is 1.37. The van der Waals surface area contributed by atoms with E-state index in [4.69, 9.17) is 4.74 Å². The number of nitrogens with one attached hydrogen (secondary N) is 1. The summed E-state index contributed by atoms with van der Waals surface area (Å²) in [5.41, 5.74) is 2.24. The number of hydrogen-bond acceptors (Lipinski definition) is 4. The summed E-state index contributed by atoms with van der Waals surface area (Å²) in [4.78, 5) is 26.9. The summed E-state index contributed by atoms with van der Waals surface area (Å²) < 4.78 is 32.9. The molecule has 0 unspecified atom stereocenters. The number of amides is 2. The summed E-state index contributed by atoms with van der Waals surface area (Å²) in [5, 5.41) is 12.9. The van der Waals surface area contributed by atoms with Gasteiger partial charge in [0.05, 0.1) is 5.56 Å². The number of aromatic hydroxyl groups is 1. The number of carbonyl (C=O) groups excluding carboxylic acids is 2. The van der Waals surface area contributed by atoms with Gasteiger partial charge in [0.2, 0.25) is 0 Å². The number of ether oxygens (including phenoxy) is 1. The largest absolute Gasteiger partial charge is 0.507 e. The number of phenolic OH excluding ortho intramolecular Hbond substituents is 1. The third kappa shape index (κ3) is 5.59. The lowest BCUT2D eigenvalue weighted by molar-refractivity contribution is 0.0590. The molecule has 0 aliphatic carbocycles. The molecule has 1 aliphatic rings. The first-order chi connectivity index (χ1) is 16.7. The van der Waals surface area contributed by atoms with Gasteiger partial charge in [-0.05, 0) is 49.2 Å². The third-order valence-electron chi connectivity index (χ3n) is 6.03. The summed E-state index contributed by atoms with van der Waals surface area (Å²) in [6, 6.07) is 12.6. The normalized spacial score (nSPS) is 14.0. The molecule has 1 fully saturated rings. The SMILES string of the molecule is Cc1cccc(C)c1OC1CCN(C(=O)c2ccc(NC(=O)c3cc(F)cc(F)c3)cc2O)CC1. The van der Waals surface area contributed by atoms with Gasteiger partial charge in [-0.2, -0.15) is 0 Å². The second kappa shape index (κ2) is 10.1. The van der Waals surface area contributed by atoms with Gasteiger partial charge in [-0.25, -0.2) is 8.78 Å². The average molecular weight is 481 g/mol. The number of rotatable bonds is 5. The second-order valence-electron chi connectivity index (χ2n) is 8.67. The van der Waals surface area contributed by atoms with Gasteiger partial charge in [0, 0.05) is 49.3 Å². The quantitative estimate of drug-likeness (QED) is 0.525. The van der Waals surface area contributed by atoms with Crippen LogP contribution in [0.3, 0.4) is 0 Å². The number of carbonyl (C=O) groups is 2. The first-order valence-electron chi connectivity index (χ1n) is 11.3. The van der Waals surface area contributed by atoms with Crippen LogP contribution in [-0.4, -0.2) is 41.0 Å². The highest BCUT2D eigenvalue weighted by atomic mass is 19.1. The van der Waals surface area contributed by atoms with Crippen LogP contribution in [0.2, 0.25) is 0 Å². The molecule has 6 nitrogen and oxygen atoms in total. The van der Waals surface area contributed by atoms with Crippen LogP contribution in [0.25, 0.3) is 0 Å². The first-order valence-corrected chi connectivity index (χ1v) is 11.3. The van der Waals surface area contributed by atoms with E-state index in [1.165, 1.54) is 18.2 Å². The van der Waals surface area contributed by atoms with E-state index in [1.807, 2.05) is 32.0 Å². The lowest BCUT2D eigenvalue weighted by Crippen LogP contribution is -2.41. The standard InChI is InChI=1S/C27H26F2N2O4/c1-16-4-3-5-17(2)25(16)35-22-8-10-31(11-9-22)27(34)23-7-6-21(15-24(23)32)30-26(33)18-12-19(28)14-20(29)13-18/h3-7,12-15,22,32H,8-11H2,1-2H3,(H,30,33). The van der Waals surface area contributed by atoms with Crippen LogP contribution < -0.4 is 10.1 Å². The Kier molecular flexibility index (Phi) is 7.00. The number of phenols is 1. The van der Waals surface area contributed by atoms with Crippen molar-refractivity contribution < 1.29 is 28.2 Å². The van der Waals surface area contributed by atoms with Crippen LogP contribution in [-0.2, 0) is 0 Å². The Morgan fingerprint density at radius 2 is 1.60 bits per heavy atom. The van der Waals surface area contributed by atoms with Crippen molar-refractivity contribution in [2.45, 2.75) is 32.8 Å². The van der Waals surface area contributed by atoms with Gasteiger partial charge in [-0.15, -0.1) is 0 Å². The molecule has 1 saturated heterocycles. The van der Waals surface area contributed by atoms with Crippen LogP contribution in [0.15, 0.2) is 54.6 Å². The molecule has 0 spiro atoms. The molecular weight excluding hydrogens is 454 g/mol. The van der Waals surface area contributed by atoms with Crippen molar-refractivity contribution in [3.63, 3.8) is 0 Å². The predicted molar refractivity (Wildman–Crippen MR) is 128 cm³/mol. The molecule has 35 heavy (non-hydrogen) atoms. The minimum absolute atomic E-state index is 0.00213. The number of likely N-dealkylation sites (tertiary alicyclic amines) is 1. The lowest BCUT2D eigenvalue weighted by Gasteiger charge is -2.33. The first kappa shape index (κ1) is 24.2. The van der Waals surface area contributed by atoms with E-state index in [-0.39, 0.29) is 34.6 Å². The van der Waals surface area contributed by atoms with Crippen molar-refractivity contribution in [1.82, 2.24) is 4.90 Å². The highest BCUT2D eigenvalue weighted by Gasteiger charge is 2.27. The Labute approximate surface area is 202 Å². The Bertz CT molecular complexity index is 1230. The monoisotopic (exact) mass is 480 g/mol. The molecule has 8 heteroatoms. The third-order valence-corrected chi connectivity index (χ3v) is 6.03. The molecule has 0 bridgehead atoms. The van der Waals surface area contributed by atoms with E-state index < -0.39 is 17.5 Å². The molecule has 4 rings (SSSR count). The van der Waals surface area contributed by atoms with E-state index in [0.717, 1.165) is 29.0 Å². The molecule has 3 aromatic rings. The number of halogens is 2. The van der Waals surface area contributed by atoms with Gasteiger partial charge in [-0.1, -0.05) is 18.2 Å². The van der Waals surface area contributed by atoms with E-state index in [2.05, 4.69) is 5.32 Å². The van der Waals surface area contributed by atoms with Crippen molar-refractivity contribution >= 4 is 17.5 Å². The van der Waals surface area contributed by atoms with Crippen LogP contribution in [0, 0.1) is 25.5 Å². The van der Waals surface area contributed by atoms with Gasteiger partial charge >= 0.3 is 0 Å². The number of nitrogens with zero attached hydrogens (tertiary/aromatic N) is 1. The maximum Gasteiger partial charge on any atom is 0.257 e. The number of hydrogen-bond donors (Lipinski definition) is 2. The second-order valence-corrected chi connectivity index (χ2v) is 8.67. The van der Waals surface area contributed by atoms with Crippen molar-refractivity contribution in [3.05, 3.63) is 88.5 Å². The summed E-state index contributed by atoms with van der Waals surface area (Å²) in [6.07, 6.45) is 1.33. The Morgan fingerprint density at radius 1 is 0.971 bits per heavy atom. The maximum absolute atomic E-state index is 13.4. The molecule has 0 saturated carbocycles. The Hall–Kier alpha value is -3.94. The van der Waals surface area contributed by atoms with Gasteiger partial charge in [0.1, 0.15) is 29.2 Å². The summed E-state index contributed by atoms with van der Waals surface area (Å²) in [5.74, 6) is -2.23. The highest BCUT2D eigenvalue weighted by Crippen LogP contribution is 2.28. The zero-order valence-corrected chi connectivity index (χ0v) is 19.5. The number of anilines is 1. The molecule has 0 aromatic heterocycles. The number of benzene rings is 3. The fraction of sp³-hybridized carbons (Fsp3) is 0.259. The topological polar surface area (TPSA) is 78.9 Å². The van der Waals surface area contributed by atoms with Crippen LogP contribution in [0.4, 0.5) is 14.5 Å². The van der Waals surface area contributed by atoms with Crippen LogP contribution >= 0.6 is 0 Å². The van der Waals surface area contributed by atoms with Gasteiger partial charge in [0.25, 0.3) is 11.8 Å². The smallest absolute Gasteiger partial charge is 0.257 e. The number of para-hydroxylation sites is 1. The Morgan fingerprint density at radius 3 is 2.20 bits per heavy atom. The molecule has 0 atom stereocenters. The average Bonchev–Trinajstić information content (AvgIpc) is 2.81. The minimum atomic E-state index is -0.873. The summed E-state index contributed by atoms with van der Waals surface area (Å²) in [6.45, 7) is 4.98. The summed E-state index contributed by atoms with van der Waals surface area (Å²) in [7, 11) is 0. The van der Waals surface area contributed by atoms with Crippen molar-refractivity contribution in [2.24, 2.45) is 0 Å². The molecule has 1 aliphatic heterocycles. The molecule has 2 N–H and O–H groups in total. The van der Waals surface area contributed by atoms with Crippen molar-refractivity contribution in [2.75, 3.05) is 18.4 Å². The fourth-order valence-electron chi connectivity index (χ4n) is 4.18. The van der Waals surface area contributed by atoms with E-state index >= 15 is 0 Å². The van der Waals surface area contributed by atoms with Crippen molar-refractivity contribution in [3.8, 4) is 11.5 Å². The van der Waals surface area contributed by atoms with Crippen LogP contribution in [0.5, 0.6) is 11.5 Å². The van der Waals surface area contributed by atoms with E-state index in [9.17, 15) is 23.5 Å². The highest BCUT2D eigenvalue weighted by molar-refractivity contribution is 6.05. The predicted octanol–water partition coefficient (Wildman–Crippen LogP) is 5.22. The molecule has 2 amide bonds. The summed E-state index contributed by atoms with van der Waals surface area (Å²) >= 11 is 0. The zero-order chi connectivity index (χ0) is 25.1. The fourth-order valence-corrected chi connectivity index (χ4v) is 4.18. The molecule has 1 heterocycles. The number of aryl methyl sites for hydroxylation is 2. The van der Waals surface area contributed by atoms with Gasteiger partial charge in [0.15, 0.2) is 0 Å². The number of piperidine rings is 1. The zero-order valence-electron chi connectivity index (χ0n) is 19.5. The van der Waals surface area contributed by atoms with Gasteiger partial charge < -0.3 is 20.1 Å². The van der Waals surface area contributed by atoms with Crippen LogP contribution in [0.1, 0.15) is 44.7 Å². The van der Waals surface area contributed by atoms with Crippen molar-refractivity contribution in [1.29, 1.82) is 0 Å². The molecule has 182 valence electrons. The molecule has 0 radical (unpaired) electrons. The maximum atomic E-state index is 13.4. The lowest BCUT2D eigenvalue weighted by atomic mass is 10.0. The minimum Gasteiger partial charge on any atom is -0.507 e. The molecular formula is C27H26F2N2O4. The van der Waals surface area contributed by atoms with Gasteiger partial charge in [-0.3, -0.25) is 9.59 Å². The molecule has 3 aromatic carbocycles. The van der Waals surface area contributed by atoms with E-state index in [1.54, 1.807) is 4.90 Å². The van der Waals surface area contributed by atoms with E-state index in [0.29, 0.717) is 32.0 Å².